The molecule has 0 radical (unpaired) electrons. The molecular formula is C23H23ClN4O2. The Kier molecular flexibility index (Phi) is 6.14. The number of amides is 1. The van der Waals surface area contributed by atoms with Crippen LogP contribution in [-0.4, -0.2) is 29.0 Å². The molecule has 1 aliphatic heterocycles. The first-order valence-electron chi connectivity index (χ1n) is 9.95. The largest absolute Gasteiger partial charge is 0.436 e. The Labute approximate surface area is 180 Å². The summed E-state index contributed by atoms with van der Waals surface area (Å²) in [6, 6.07) is 15.0. The SMILES string of the molecule is Cc1ccc(Oc2nccnc2N2CCCC(C(=O)Nc3cccc(Cl)c3)C2)cc1. The van der Waals surface area contributed by atoms with Gasteiger partial charge >= 0.3 is 0 Å². The highest BCUT2D eigenvalue weighted by molar-refractivity contribution is 6.30. The maximum atomic E-state index is 12.8. The lowest BCUT2D eigenvalue weighted by molar-refractivity contribution is -0.120. The van der Waals surface area contributed by atoms with Gasteiger partial charge in [-0.3, -0.25) is 4.79 Å². The normalized spacial score (nSPS) is 16.2. The van der Waals surface area contributed by atoms with Crippen LogP contribution in [0.5, 0.6) is 11.6 Å². The number of halogens is 1. The Morgan fingerprint density at radius 1 is 1.17 bits per heavy atom. The monoisotopic (exact) mass is 422 g/mol. The highest BCUT2D eigenvalue weighted by atomic mass is 35.5. The number of piperidine rings is 1. The molecule has 6 nitrogen and oxygen atoms in total. The van der Waals surface area contributed by atoms with Crippen LogP contribution in [0.15, 0.2) is 60.9 Å². The Hall–Kier alpha value is -3.12. The van der Waals surface area contributed by atoms with E-state index in [-0.39, 0.29) is 11.8 Å². The lowest BCUT2D eigenvalue weighted by atomic mass is 9.97. The van der Waals surface area contributed by atoms with Gasteiger partial charge in [0.05, 0.1) is 5.92 Å². The summed E-state index contributed by atoms with van der Waals surface area (Å²) in [5.74, 6) is 1.61. The van der Waals surface area contributed by atoms with Gasteiger partial charge in [0.15, 0.2) is 5.82 Å². The maximum Gasteiger partial charge on any atom is 0.263 e. The van der Waals surface area contributed by atoms with Crippen LogP contribution in [0.1, 0.15) is 18.4 Å². The zero-order valence-electron chi connectivity index (χ0n) is 16.7. The average Bonchev–Trinajstić information content (AvgIpc) is 2.76. The van der Waals surface area contributed by atoms with Crippen LogP contribution >= 0.6 is 11.6 Å². The molecule has 1 amide bonds. The molecule has 0 aliphatic carbocycles. The molecule has 1 N–H and O–H groups in total. The number of aryl methyl sites for hydroxylation is 1. The van der Waals surface area contributed by atoms with Crippen molar-refractivity contribution in [3.63, 3.8) is 0 Å². The topological polar surface area (TPSA) is 67.4 Å². The number of carbonyl (C=O) groups is 1. The van der Waals surface area contributed by atoms with E-state index in [4.69, 9.17) is 16.3 Å². The van der Waals surface area contributed by atoms with Crippen LogP contribution < -0.4 is 15.0 Å². The summed E-state index contributed by atoms with van der Waals surface area (Å²) in [4.78, 5) is 23.8. The summed E-state index contributed by atoms with van der Waals surface area (Å²) in [5, 5.41) is 3.56. The van der Waals surface area contributed by atoms with Gasteiger partial charge in [0.25, 0.3) is 5.88 Å². The van der Waals surface area contributed by atoms with Crippen molar-refractivity contribution >= 4 is 29.0 Å². The zero-order chi connectivity index (χ0) is 20.9. The first-order chi connectivity index (χ1) is 14.6. The van der Waals surface area contributed by atoms with Crippen molar-refractivity contribution in [2.45, 2.75) is 19.8 Å². The summed E-state index contributed by atoms with van der Waals surface area (Å²) in [6.45, 7) is 3.37. The van der Waals surface area contributed by atoms with Crippen LogP contribution in [0.3, 0.4) is 0 Å². The number of hydrogen-bond acceptors (Lipinski definition) is 5. The summed E-state index contributed by atoms with van der Waals surface area (Å²) in [6.07, 6.45) is 4.96. The predicted molar refractivity (Wildman–Crippen MR) is 118 cm³/mol. The molecule has 0 spiro atoms. The third-order valence-corrected chi connectivity index (χ3v) is 5.30. The van der Waals surface area contributed by atoms with E-state index in [1.54, 1.807) is 24.5 Å². The Morgan fingerprint density at radius 3 is 2.77 bits per heavy atom. The molecule has 1 unspecified atom stereocenters. The number of ether oxygens (including phenoxy) is 1. The molecule has 0 saturated carbocycles. The second kappa shape index (κ2) is 9.13. The van der Waals surface area contributed by atoms with E-state index >= 15 is 0 Å². The number of anilines is 2. The number of hydrogen-bond donors (Lipinski definition) is 1. The first kappa shape index (κ1) is 20.2. The summed E-state index contributed by atoms with van der Waals surface area (Å²) in [5.41, 5.74) is 1.86. The number of aromatic nitrogens is 2. The van der Waals surface area contributed by atoms with E-state index in [0.29, 0.717) is 34.7 Å². The van der Waals surface area contributed by atoms with E-state index in [9.17, 15) is 4.79 Å². The van der Waals surface area contributed by atoms with E-state index < -0.39 is 0 Å². The number of nitrogens with one attached hydrogen (secondary N) is 1. The van der Waals surface area contributed by atoms with Gasteiger partial charge in [0.2, 0.25) is 5.91 Å². The lowest BCUT2D eigenvalue weighted by Crippen LogP contribution is -2.41. The Bertz CT molecular complexity index is 1030. The van der Waals surface area contributed by atoms with Crippen molar-refractivity contribution in [1.82, 2.24) is 9.97 Å². The quantitative estimate of drug-likeness (QED) is 0.620. The fourth-order valence-corrected chi connectivity index (χ4v) is 3.71. The highest BCUT2D eigenvalue weighted by Gasteiger charge is 2.28. The number of benzene rings is 2. The molecule has 1 saturated heterocycles. The van der Waals surface area contributed by atoms with Crippen LogP contribution in [0.2, 0.25) is 5.02 Å². The van der Waals surface area contributed by atoms with Crippen LogP contribution in [0, 0.1) is 12.8 Å². The summed E-state index contributed by atoms with van der Waals surface area (Å²) >= 11 is 6.02. The second-order valence-corrected chi connectivity index (χ2v) is 7.82. The van der Waals surface area contributed by atoms with E-state index in [1.807, 2.05) is 43.3 Å². The van der Waals surface area contributed by atoms with Crippen LogP contribution in [0.4, 0.5) is 11.5 Å². The van der Waals surface area contributed by atoms with E-state index in [0.717, 1.165) is 24.9 Å². The van der Waals surface area contributed by atoms with Gasteiger partial charge in [0.1, 0.15) is 5.75 Å². The van der Waals surface area contributed by atoms with Gasteiger partial charge in [0, 0.05) is 36.2 Å². The van der Waals surface area contributed by atoms with Gasteiger partial charge in [-0.15, -0.1) is 0 Å². The Balaban J connectivity index is 1.48. The van der Waals surface area contributed by atoms with Crippen molar-refractivity contribution in [2.24, 2.45) is 5.92 Å². The Morgan fingerprint density at radius 2 is 1.97 bits per heavy atom. The predicted octanol–water partition coefficient (Wildman–Crippen LogP) is 5.09. The van der Waals surface area contributed by atoms with Crippen molar-refractivity contribution in [2.75, 3.05) is 23.3 Å². The molecule has 2 aromatic carbocycles. The van der Waals surface area contributed by atoms with E-state index in [1.165, 1.54) is 0 Å². The second-order valence-electron chi connectivity index (χ2n) is 7.38. The van der Waals surface area contributed by atoms with Crippen molar-refractivity contribution in [1.29, 1.82) is 0 Å². The van der Waals surface area contributed by atoms with Crippen LogP contribution in [-0.2, 0) is 4.79 Å². The van der Waals surface area contributed by atoms with Gasteiger partial charge in [-0.25, -0.2) is 9.97 Å². The lowest BCUT2D eigenvalue weighted by Gasteiger charge is -2.33. The number of rotatable bonds is 5. The molecule has 1 aliphatic rings. The molecule has 30 heavy (non-hydrogen) atoms. The molecular weight excluding hydrogens is 400 g/mol. The van der Waals surface area contributed by atoms with Crippen molar-refractivity contribution < 1.29 is 9.53 Å². The third kappa shape index (κ3) is 4.89. The van der Waals surface area contributed by atoms with Crippen molar-refractivity contribution in [3.8, 4) is 11.6 Å². The molecule has 1 atom stereocenters. The molecule has 1 fully saturated rings. The molecule has 1 aromatic heterocycles. The van der Waals surface area contributed by atoms with Crippen molar-refractivity contribution in [3.05, 3.63) is 71.5 Å². The molecule has 3 aromatic rings. The molecule has 0 bridgehead atoms. The van der Waals surface area contributed by atoms with Gasteiger partial charge in [-0.2, -0.15) is 0 Å². The summed E-state index contributed by atoms with van der Waals surface area (Å²) < 4.78 is 5.99. The van der Waals surface area contributed by atoms with E-state index in [2.05, 4.69) is 20.2 Å². The smallest absolute Gasteiger partial charge is 0.263 e. The minimum atomic E-state index is -0.160. The number of carbonyl (C=O) groups excluding carboxylic acids is 1. The zero-order valence-corrected chi connectivity index (χ0v) is 17.5. The first-order valence-corrected chi connectivity index (χ1v) is 10.3. The van der Waals surface area contributed by atoms with Crippen LogP contribution in [0.25, 0.3) is 0 Å². The number of nitrogens with zero attached hydrogens (tertiary/aromatic N) is 3. The molecule has 7 heteroatoms. The maximum absolute atomic E-state index is 12.8. The standard InChI is InChI=1S/C23H23ClN4O2/c1-16-7-9-20(10-8-16)30-23-21(25-11-12-26-23)28-13-3-4-17(15-28)22(29)27-19-6-2-5-18(24)14-19/h2,5-12,14,17H,3-4,13,15H2,1H3,(H,27,29). The van der Waals surface area contributed by atoms with Gasteiger partial charge < -0.3 is 15.0 Å². The molecule has 4 rings (SSSR count). The average molecular weight is 423 g/mol. The fourth-order valence-electron chi connectivity index (χ4n) is 3.52. The van der Waals surface area contributed by atoms with Gasteiger partial charge in [-0.05, 0) is 50.1 Å². The minimum Gasteiger partial charge on any atom is -0.436 e. The third-order valence-electron chi connectivity index (χ3n) is 5.07. The fraction of sp³-hybridized carbons (Fsp3) is 0.261. The summed E-state index contributed by atoms with van der Waals surface area (Å²) in [7, 11) is 0. The van der Waals surface area contributed by atoms with Gasteiger partial charge in [-0.1, -0.05) is 35.4 Å². The molecule has 2 heterocycles. The minimum absolute atomic E-state index is 0.0214. The molecule has 154 valence electrons. The highest BCUT2D eigenvalue weighted by Crippen LogP contribution is 2.31.